The van der Waals surface area contributed by atoms with E-state index >= 15 is 0 Å². The number of rotatable bonds is 0. The van der Waals surface area contributed by atoms with Crippen molar-refractivity contribution in [1.82, 2.24) is 4.90 Å². The molecule has 0 amide bonds. The van der Waals surface area contributed by atoms with Crippen molar-refractivity contribution in [3.05, 3.63) is 11.4 Å². The summed E-state index contributed by atoms with van der Waals surface area (Å²) in [6, 6.07) is 0. The maximum Gasteiger partial charge on any atom is 0.302 e. The van der Waals surface area contributed by atoms with Crippen molar-refractivity contribution in [2.45, 2.75) is 6.17 Å². The number of likely N-dealkylation sites (N-methyl/N-ethyl adjacent to an activating group) is 1. The summed E-state index contributed by atoms with van der Waals surface area (Å²) in [5.41, 5.74) is 0. The molecule has 1 fully saturated rings. The zero-order valence-electron chi connectivity index (χ0n) is 5.50. The fourth-order valence-electron chi connectivity index (χ4n) is 0.809. The highest BCUT2D eigenvalue weighted by Crippen LogP contribution is 2.03. The lowest BCUT2D eigenvalue weighted by Crippen LogP contribution is -2.40. The molecule has 1 rings (SSSR count). The molecule has 50 valence electrons. The van der Waals surface area contributed by atoms with Crippen LogP contribution >= 0.6 is 0 Å². The Hall–Kier alpha value is -0.590. The van der Waals surface area contributed by atoms with E-state index in [0.29, 0.717) is 6.61 Å². The van der Waals surface area contributed by atoms with Gasteiger partial charge in [0.05, 0.1) is 6.61 Å². The van der Waals surface area contributed by atoms with Crippen LogP contribution in [0.3, 0.4) is 0 Å². The Kier molecular flexibility index (Phi) is 2.04. The minimum atomic E-state index is -0.0428. The SMILES string of the molecule is [C-]#[N+]C1COCCN1C. The van der Waals surface area contributed by atoms with Crippen LogP contribution in [-0.2, 0) is 4.74 Å². The first-order valence-electron chi connectivity index (χ1n) is 2.99. The van der Waals surface area contributed by atoms with Crippen LogP contribution < -0.4 is 0 Å². The first-order chi connectivity index (χ1) is 4.34. The monoisotopic (exact) mass is 126 g/mol. The molecule has 1 aliphatic rings. The summed E-state index contributed by atoms with van der Waals surface area (Å²) < 4.78 is 5.09. The van der Waals surface area contributed by atoms with Gasteiger partial charge in [0.1, 0.15) is 6.61 Å². The number of hydrogen-bond acceptors (Lipinski definition) is 2. The van der Waals surface area contributed by atoms with Crippen LogP contribution in [-0.4, -0.2) is 37.9 Å². The average Bonchev–Trinajstić information content (AvgIpc) is 1.89. The van der Waals surface area contributed by atoms with Crippen molar-refractivity contribution in [1.29, 1.82) is 0 Å². The van der Waals surface area contributed by atoms with Gasteiger partial charge in [0.2, 0.25) is 0 Å². The van der Waals surface area contributed by atoms with Crippen LogP contribution in [0.15, 0.2) is 0 Å². The summed E-state index contributed by atoms with van der Waals surface area (Å²) in [6.07, 6.45) is -0.0428. The molecular weight excluding hydrogens is 116 g/mol. The quantitative estimate of drug-likeness (QED) is 0.431. The molecule has 0 aromatic rings. The van der Waals surface area contributed by atoms with Gasteiger partial charge in [-0.25, -0.2) is 11.5 Å². The Balaban J connectivity index is 2.41. The molecule has 0 radical (unpaired) electrons. The van der Waals surface area contributed by atoms with Gasteiger partial charge in [-0.1, -0.05) is 0 Å². The lowest BCUT2D eigenvalue weighted by atomic mass is 10.4. The molecule has 0 aromatic heterocycles. The number of ether oxygens (including phenoxy) is 1. The fourth-order valence-corrected chi connectivity index (χ4v) is 0.809. The Morgan fingerprint density at radius 1 is 1.78 bits per heavy atom. The maximum atomic E-state index is 6.73. The van der Waals surface area contributed by atoms with E-state index in [2.05, 4.69) is 4.85 Å². The van der Waals surface area contributed by atoms with Gasteiger partial charge in [-0.05, 0) is 7.05 Å². The molecule has 3 heteroatoms. The molecule has 0 spiro atoms. The van der Waals surface area contributed by atoms with Crippen LogP contribution in [0.4, 0.5) is 0 Å². The van der Waals surface area contributed by atoms with Gasteiger partial charge < -0.3 is 4.74 Å². The van der Waals surface area contributed by atoms with Gasteiger partial charge in [-0.3, -0.25) is 4.85 Å². The van der Waals surface area contributed by atoms with Gasteiger partial charge in [0, 0.05) is 6.54 Å². The molecule has 1 aliphatic heterocycles. The summed E-state index contributed by atoms with van der Waals surface area (Å²) in [6.45, 7) is 8.95. The largest absolute Gasteiger partial charge is 0.370 e. The lowest BCUT2D eigenvalue weighted by molar-refractivity contribution is 0.0225. The molecule has 0 aliphatic carbocycles. The van der Waals surface area contributed by atoms with Crippen molar-refractivity contribution < 1.29 is 4.74 Å². The van der Waals surface area contributed by atoms with Gasteiger partial charge in [-0.15, -0.1) is 0 Å². The van der Waals surface area contributed by atoms with E-state index in [1.54, 1.807) is 0 Å². The maximum absolute atomic E-state index is 6.73. The Morgan fingerprint density at radius 2 is 2.56 bits per heavy atom. The second-order valence-corrected chi connectivity index (χ2v) is 2.17. The van der Waals surface area contributed by atoms with Gasteiger partial charge >= 0.3 is 6.17 Å². The minimum Gasteiger partial charge on any atom is -0.370 e. The van der Waals surface area contributed by atoms with Crippen molar-refractivity contribution in [3.63, 3.8) is 0 Å². The number of hydrogen-bond donors (Lipinski definition) is 0. The zero-order chi connectivity index (χ0) is 6.69. The third kappa shape index (κ3) is 1.41. The summed E-state index contributed by atoms with van der Waals surface area (Å²) in [7, 11) is 1.95. The third-order valence-corrected chi connectivity index (χ3v) is 1.51. The van der Waals surface area contributed by atoms with Crippen LogP contribution in [0.25, 0.3) is 4.85 Å². The molecule has 1 atom stereocenters. The van der Waals surface area contributed by atoms with Crippen molar-refractivity contribution >= 4 is 0 Å². The van der Waals surface area contributed by atoms with E-state index in [1.165, 1.54) is 0 Å². The van der Waals surface area contributed by atoms with Crippen molar-refractivity contribution in [2.24, 2.45) is 0 Å². The van der Waals surface area contributed by atoms with E-state index in [4.69, 9.17) is 11.3 Å². The Morgan fingerprint density at radius 3 is 3.00 bits per heavy atom. The Bertz CT molecular complexity index is 130. The van der Waals surface area contributed by atoms with E-state index in [0.717, 1.165) is 13.2 Å². The molecule has 1 unspecified atom stereocenters. The fraction of sp³-hybridized carbons (Fsp3) is 0.833. The molecule has 3 nitrogen and oxygen atoms in total. The van der Waals surface area contributed by atoms with E-state index in [-0.39, 0.29) is 6.17 Å². The van der Waals surface area contributed by atoms with Gasteiger partial charge in [0.25, 0.3) is 0 Å². The molecule has 0 saturated carbocycles. The van der Waals surface area contributed by atoms with Gasteiger partial charge in [0.15, 0.2) is 0 Å². The molecule has 9 heavy (non-hydrogen) atoms. The second kappa shape index (κ2) is 2.81. The summed E-state index contributed by atoms with van der Waals surface area (Å²) in [5, 5.41) is 0. The zero-order valence-corrected chi connectivity index (χ0v) is 5.50. The highest BCUT2D eigenvalue weighted by molar-refractivity contribution is 4.79. The van der Waals surface area contributed by atoms with E-state index < -0.39 is 0 Å². The highest BCUT2D eigenvalue weighted by atomic mass is 16.5. The predicted molar refractivity (Wildman–Crippen MR) is 33.8 cm³/mol. The van der Waals surface area contributed by atoms with E-state index in [1.807, 2.05) is 11.9 Å². The number of nitrogens with zero attached hydrogens (tertiary/aromatic N) is 2. The van der Waals surface area contributed by atoms with Crippen LogP contribution in [0, 0.1) is 6.57 Å². The third-order valence-electron chi connectivity index (χ3n) is 1.51. The summed E-state index contributed by atoms with van der Waals surface area (Å²) >= 11 is 0. The molecule has 0 N–H and O–H groups in total. The molecular formula is C6H10N2O. The normalized spacial score (nSPS) is 29.6. The summed E-state index contributed by atoms with van der Waals surface area (Å²) in [5.74, 6) is 0. The van der Waals surface area contributed by atoms with E-state index in [9.17, 15) is 0 Å². The first kappa shape index (κ1) is 6.53. The van der Waals surface area contributed by atoms with Crippen molar-refractivity contribution in [2.75, 3.05) is 26.8 Å². The lowest BCUT2D eigenvalue weighted by Gasteiger charge is -2.23. The van der Waals surface area contributed by atoms with Crippen molar-refractivity contribution in [3.8, 4) is 0 Å². The highest BCUT2D eigenvalue weighted by Gasteiger charge is 2.22. The topological polar surface area (TPSA) is 16.8 Å². The van der Waals surface area contributed by atoms with Crippen LogP contribution in [0.1, 0.15) is 0 Å². The number of morpholine rings is 1. The molecule has 0 bridgehead atoms. The van der Waals surface area contributed by atoms with Crippen LogP contribution in [0.2, 0.25) is 0 Å². The second-order valence-electron chi connectivity index (χ2n) is 2.17. The molecule has 1 heterocycles. The average molecular weight is 126 g/mol. The van der Waals surface area contributed by atoms with Gasteiger partial charge in [-0.2, -0.15) is 0 Å². The predicted octanol–water partition coefficient (Wildman–Crippen LogP) is 0.194. The smallest absolute Gasteiger partial charge is 0.302 e. The van der Waals surface area contributed by atoms with Crippen LogP contribution in [0.5, 0.6) is 0 Å². The molecule has 1 saturated heterocycles. The first-order valence-corrected chi connectivity index (χ1v) is 2.99. The standard InChI is InChI=1S/C6H10N2O/c1-7-6-5-9-4-3-8(6)2/h6H,3-5H2,2H3. The minimum absolute atomic E-state index is 0.0428. The Labute approximate surface area is 55.0 Å². The molecule has 0 aromatic carbocycles. The summed E-state index contributed by atoms with van der Waals surface area (Å²) in [4.78, 5) is 5.39.